The van der Waals surface area contributed by atoms with Gasteiger partial charge in [-0.15, -0.1) is 0 Å². The van der Waals surface area contributed by atoms with E-state index in [2.05, 4.69) is 0 Å². The average molecular weight is 302 g/mol. The SMILES string of the molecule is COc1ccccc1/C=C/C(=O)N1CCCN(C(C)=O)CC1. The molecule has 1 saturated heterocycles. The van der Waals surface area contributed by atoms with Crippen LogP contribution < -0.4 is 4.74 Å². The zero-order valence-electron chi connectivity index (χ0n) is 13.1. The number of ether oxygens (including phenoxy) is 1. The maximum Gasteiger partial charge on any atom is 0.246 e. The number of amides is 2. The van der Waals surface area contributed by atoms with E-state index in [-0.39, 0.29) is 11.8 Å². The van der Waals surface area contributed by atoms with Gasteiger partial charge in [0.2, 0.25) is 11.8 Å². The van der Waals surface area contributed by atoms with Crippen molar-refractivity contribution >= 4 is 17.9 Å². The smallest absolute Gasteiger partial charge is 0.246 e. The molecule has 0 saturated carbocycles. The lowest BCUT2D eigenvalue weighted by Gasteiger charge is -2.20. The fourth-order valence-electron chi connectivity index (χ4n) is 2.52. The average Bonchev–Trinajstić information content (AvgIpc) is 2.79. The van der Waals surface area contributed by atoms with Crippen molar-refractivity contribution in [1.82, 2.24) is 9.80 Å². The van der Waals surface area contributed by atoms with E-state index < -0.39 is 0 Å². The molecule has 118 valence electrons. The molecule has 1 heterocycles. The van der Waals surface area contributed by atoms with Crippen molar-refractivity contribution in [1.29, 1.82) is 0 Å². The van der Waals surface area contributed by atoms with Crippen LogP contribution in [0.1, 0.15) is 18.9 Å². The third kappa shape index (κ3) is 4.10. The van der Waals surface area contributed by atoms with Crippen LogP contribution in [0.5, 0.6) is 5.75 Å². The van der Waals surface area contributed by atoms with Crippen LogP contribution in [0.3, 0.4) is 0 Å². The number of carbonyl (C=O) groups is 2. The Hall–Kier alpha value is -2.30. The molecule has 0 radical (unpaired) electrons. The zero-order valence-corrected chi connectivity index (χ0v) is 13.1. The highest BCUT2D eigenvalue weighted by atomic mass is 16.5. The lowest BCUT2D eigenvalue weighted by Crippen LogP contribution is -2.35. The highest BCUT2D eigenvalue weighted by molar-refractivity contribution is 5.92. The van der Waals surface area contributed by atoms with Gasteiger partial charge in [0, 0.05) is 44.7 Å². The van der Waals surface area contributed by atoms with Crippen LogP contribution in [0.4, 0.5) is 0 Å². The van der Waals surface area contributed by atoms with E-state index in [9.17, 15) is 9.59 Å². The number of methoxy groups -OCH3 is 1. The first-order valence-corrected chi connectivity index (χ1v) is 7.47. The Morgan fingerprint density at radius 2 is 1.77 bits per heavy atom. The highest BCUT2D eigenvalue weighted by Crippen LogP contribution is 2.18. The van der Waals surface area contributed by atoms with Crippen molar-refractivity contribution in [3.8, 4) is 5.75 Å². The monoisotopic (exact) mass is 302 g/mol. The molecule has 5 nitrogen and oxygen atoms in total. The molecule has 0 bridgehead atoms. The molecule has 1 aromatic carbocycles. The number of para-hydroxylation sites is 1. The molecule has 5 heteroatoms. The van der Waals surface area contributed by atoms with Gasteiger partial charge < -0.3 is 14.5 Å². The van der Waals surface area contributed by atoms with Crippen molar-refractivity contribution in [2.75, 3.05) is 33.3 Å². The minimum atomic E-state index is -0.0312. The largest absolute Gasteiger partial charge is 0.496 e. The summed E-state index contributed by atoms with van der Waals surface area (Å²) in [6, 6.07) is 7.57. The lowest BCUT2D eigenvalue weighted by atomic mass is 10.2. The first-order chi connectivity index (χ1) is 10.6. The summed E-state index contributed by atoms with van der Waals surface area (Å²) in [7, 11) is 1.61. The van der Waals surface area contributed by atoms with Crippen LogP contribution in [0.25, 0.3) is 6.08 Å². The van der Waals surface area contributed by atoms with Crippen LogP contribution in [0, 0.1) is 0 Å². The molecule has 0 aliphatic carbocycles. The fraction of sp³-hybridized carbons (Fsp3) is 0.412. The lowest BCUT2D eigenvalue weighted by molar-refractivity contribution is -0.130. The van der Waals surface area contributed by atoms with E-state index in [4.69, 9.17) is 4.74 Å². The number of hydrogen-bond donors (Lipinski definition) is 0. The number of rotatable bonds is 3. The summed E-state index contributed by atoms with van der Waals surface area (Å²) in [6.07, 6.45) is 4.16. The van der Waals surface area contributed by atoms with Gasteiger partial charge in [-0.05, 0) is 18.6 Å². The maximum absolute atomic E-state index is 12.3. The number of nitrogens with zero attached hydrogens (tertiary/aromatic N) is 2. The summed E-state index contributed by atoms with van der Waals surface area (Å²) < 4.78 is 5.26. The first kappa shape index (κ1) is 16.1. The zero-order chi connectivity index (χ0) is 15.9. The van der Waals surface area contributed by atoms with Crippen molar-refractivity contribution in [3.63, 3.8) is 0 Å². The fourth-order valence-corrected chi connectivity index (χ4v) is 2.52. The molecule has 1 fully saturated rings. The second kappa shape index (κ2) is 7.64. The second-order valence-corrected chi connectivity index (χ2v) is 5.26. The van der Waals surface area contributed by atoms with E-state index >= 15 is 0 Å². The Kier molecular flexibility index (Phi) is 5.58. The molecule has 2 amide bonds. The summed E-state index contributed by atoms with van der Waals surface area (Å²) in [5.74, 6) is 0.778. The second-order valence-electron chi connectivity index (χ2n) is 5.26. The standard InChI is InChI=1S/C17H22N2O3/c1-14(20)18-10-5-11-19(13-12-18)17(21)9-8-15-6-3-4-7-16(15)22-2/h3-4,6-9H,5,10-13H2,1-2H3/b9-8+. The predicted octanol–water partition coefficient (Wildman–Crippen LogP) is 1.79. The van der Waals surface area contributed by atoms with Gasteiger partial charge in [0.25, 0.3) is 0 Å². The van der Waals surface area contributed by atoms with E-state index in [1.54, 1.807) is 36.0 Å². The Bertz CT molecular complexity index is 569. The topological polar surface area (TPSA) is 49.9 Å². The third-order valence-electron chi connectivity index (χ3n) is 3.80. The molecule has 0 aromatic heterocycles. The van der Waals surface area contributed by atoms with Crippen molar-refractivity contribution < 1.29 is 14.3 Å². The Labute approximate surface area is 131 Å². The summed E-state index contributed by atoms with van der Waals surface area (Å²) >= 11 is 0. The van der Waals surface area contributed by atoms with Gasteiger partial charge in [-0.25, -0.2) is 0 Å². The number of benzene rings is 1. The first-order valence-electron chi connectivity index (χ1n) is 7.47. The van der Waals surface area contributed by atoms with E-state index in [1.807, 2.05) is 24.3 Å². The molecular weight excluding hydrogens is 280 g/mol. The molecule has 0 atom stereocenters. The quantitative estimate of drug-likeness (QED) is 0.800. The van der Waals surface area contributed by atoms with Gasteiger partial charge in [-0.2, -0.15) is 0 Å². The highest BCUT2D eigenvalue weighted by Gasteiger charge is 2.18. The molecule has 0 N–H and O–H groups in total. The summed E-state index contributed by atoms with van der Waals surface area (Å²) in [5, 5.41) is 0. The van der Waals surface area contributed by atoms with Crippen LogP contribution in [-0.4, -0.2) is 54.9 Å². The minimum absolute atomic E-state index is 0.0312. The van der Waals surface area contributed by atoms with Crippen LogP contribution in [0.15, 0.2) is 30.3 Å². The van der Waals surface area contributed by atoms with Gasteiger partial charge in [0.15, 0.2) is 0 Å². The Morgan fingerprint density at radius 1 is 1.09 bits per heavy atom. The summed E-state index contributed by atoms with van der Waals surface area (Å²) in [6.45, 7) is 4.14. The molecule has 0 unspecified atom stereocenters. The third-order valence-corrected chi connectivity index (χ3v) is 3.80. The molecule has 22 heavy (non-hydrogen) atoms. The van der Waals surface area contributed by atoms with Crippen molar-refractivity contribution in [3.05, 3.63) is 35.9 Å². The van der Waals surface area contributed by atoms with Crippen LogP contribution >= 0.6 is 0 Å². The Morgan fingerprint density at radius 3 is 2.50 bits per heavy atom. The van der Waals surface area contributed by atoms with Crippen LogP contribution in [-0.2, 0) is 9.59 Å². The van der Waals surface area contributed by atoms with Gasteiger partial charge in [-0.1, -0.05) is 18.2 Å². The van der Waals surface area contributed by atoms with E-state index in [1.165, 1.54) is 0 Å². The molecule has 0 spiro atoms. The normalized spacial score (nSPS) is 15.7. The molecule has 1 aromatic rings. The molecule has 1 aliphatic heterocycles. The molecular formula is C17H22N2O3. The number of carbonyl (C=O) groups excluding carboxylic acids is 2. The number of hydrogen-bond acceptors (Lipinski definition) is 3. The minimum Gasteiger partial charge on any atom is -0.496 e. The summed E-state index contributed by atoms with van der Waals surface area (Å²) in [5.41, 5.74) is 0.874. The van der Waals surface area contributed by atoms with Crippen molar-refractivity contribution in [2.45, 2.75) is 13.3 Å². The summed E-state index contributed by atoms with van der Waals surface area (Å²) in [4.78, 5) is 27.3. The van der Waals surface area contributed by atoms with Crippen LogP contribution in [0.2, 0.25) is 0 Å². The van der Waals surface area contributed by atoms with E-state index in [0.29, 0.717) is 19.6 Å². The molecule has 2 rings (SSSR count). The maximum atomic E-state index is 12.3. The van der Waals surface area contributed by atoms with E-state index in [0.717, 1.165) is 24.3 Å². The van der Waals surface area contributed by atoms with Gasteiger partial charge in [0.1, 0.15) is 5.75 Å². The predicted molar refractivity (Wildman–Crippen MR) is 85.5 cm³/mol. The molecule has 1 aliphatic rings. The van der Waals surface area contributed by atoms with Crippen molar-refractivity contribution in [2.24, 2.45) is 0 Å². The Balaban J connectivity index is 1.99. The van der Waals surface area contributed by atoms with Gasteiger partial charge in [0.05, 0.1) is 7.11 Å². The van der Waals surface area contributed by atoms with Gasteiger partial charge >= 0.3 is 0 Å². The van der Waals surface area contributed by atoms with Gasteiger partial charge in [-0.3, -0.25) is 9.59 Å².